The standard InChI is InChI=1S/C13H19N3O/c1-9(2)5-6-17-11-7-12-13(14-8-11)16(4)10(3)15-12/h7-9,15H,3,5-6H2,1-2,4H3. The van der Waals surface area contributed by atoms with E-state index in [2.05, 4.69) is 30.7 Å². The van der Waals surface area contributed by atoms with E-state index in [4.69, 9.17) is 4.74 Å². The number of rotatable bonds is 4. The number of aromatic nitrogens is 1. The largest absolute Gasteiger partial charge is 0.492 e. The highest BCUT2D eigenvalue weighted by molar-refractivity contribution is 5.77. The van der Waals surface area contributed by atoms with Crippen LogP contribution in [0.5, 0.6) is 5.75 Å². The molecule has 1 aliphatic rings. The van der Waals surface area contributed by atoms with E-state index in [9.17, 15) is 0 Å². The van der Waals surface area contributed by atoms with Crippen molar-refractivity contribution in [2.45, 2.75) is 20.3 Å². The number of hydrogen-bond acceptors (Lipinski definition) is 4. The first-order valence-electron chi connectivity index (χ1n) is 5.90. The van der Waals surface area contributed by atoms with Crippen LogP contribution in [-0.2, 0) is 0 Å². The van der Waals surface area contributed by atoms with Crippen LogP contribution in [-0.4, -0.2) is 18.6 Å². The lowest BCUT2D eigenvalue weighted by molar-refractivity contribution is 0.289. The SMILES string of the molecule is C=C1Nc2cc(OCCC(C)C)cnc2N1C. The minimum atomic E-state index is 0.654. The number of fused-ring (bicyclic) bond motifs is 1. The molecule has 0 atom stereocenters. The zero-order valence-electron chi connectivity index (χ0n) is 10.7. The maximum absolute atomic E-state index is 5.66. The van der Waals surface area contributed by atoms with Gasteiger partial charge in [-0.3, -0.25) is 0 Å². The Morgan fingerprint density at radius 1 is 1.53 bits per heavy atom. The van der Waals surface area contributed by atoms with Crippen molar-refractivity contribution in [2.24, 2.45) is 5.92 Å². The van der Waals surface area contributed by atoms with Gasteiger partial charge < -0.3 is 15.0 Å². The fraction of sp³-hybridized carbons (Fsp3) is 0.462. The number of ether oxygens (including phenoxy) is 1. The van der Waals surface area contributed by atoms with Gasteiger partial charge in [0.1, 0.15) is 11.6 Å². The van der Waals surface area contributed by atoms with Crippen LogP contribution in [0.4, 0.5) is 11.5 Å². The smallest absolute Gasteiger partial charge is 0.157 e. The summed E-state index contributed by atoms with van der Waals surface area (Å²) < 4.78 is 5.66. The van der Waals surface area contributed by atoms with E-state index in [1.165, 1.54) is 0 Å². The molecule has 1 aliphatic heterocycles. The highest BCUT2D eigenvalue weighted by Gasteiger charge is 2.20. The highest BCUT2D eigenvalue weighted by atomic mass is 16.5. The van der Waals surface area contributed by atoms with Gasteiger partial charge in [-0.1, -0.05) is 20.4 Å². The first-order valence-corrected chi connectivity index (χ1v) is 5.90. The van der Waals surface area contributed by atoms with Crippen LogP contribution in [0.3, 0.4) is 0 Å². The molecule has 92 valence electrons. The summed E-state index contributed by atoms with van der Waals surface area (Å²) in [5, 5.41) is 3.18. The van der Waals surface area contributed by atoms with Gasteiger partial charge in [-0.15, -0.1) is 0 Å². The van der Waals surface area contributed by atoms with Crippen LogP contribution < -0.4 is 15.0 Å². The maximum atomic E-state index is 5.66. The van der Waals surface area contributed by atoms with Crippen LogP contribution in [0.2, 0.25) is 0 Å². The minimum absolute atomic E-state index is 0.654. The third kappa shape index (κ3) is 2.52. The molecule has 1 aromatic rings. The average Bonchev–Trinajstić information content (AvgIpc) is 2.54. The van der Waals surface area contributed by atoms with Crippen LogP contribution >= 0.6 is 0 Å². The van der Waals surface area contributed by atoms with Gasteiger partial charge in [0.05, 0.1) is 18.5 Å². The minimum Gasteiger partial charge on any atom is -0.492 e. The number of hydrogen-bond donors (Lipinski definition) is 1. The van der Waals surface area contributed by atoms with Gasteiger partial charge in [0.15, 0.2) is 5.82 Å². The zero-order valence-corrected chi connectivity index (χ0v) is 10.7. The van der Waals surface area contributed by atoms with Crippen molar-refractivity contribution in [1.82, 2.24) is 4.98 Å². The van der Waals surface area contributed by atoms with Gasteiger partial charge in [0.2, 0.25) is 0 Å². The molecule has 0 unspecified atom stereocenters. The Balaban J connectivity index is 2.03. The Morgan fingerprint density at radius 2 is 2.29 bits per heavy atom. The monoisotopic (exact) mass is 233 g/mol. The molecular weight excluding hydrogens is 214 g/mol. The van der Waals surface area contributed by atoms with E-state index in [-0.39, 0.29) is 0 Å². The summed E-state index contributed by atoms with van der Waals surface area (Å²) >= 11 is 0. The van der Waals surface area contributed by atoms with Gasteiger partial charge in [-0.25, -0.2) is 4.98 Å². The molecule has 4 heteroatoms. The Labute approximate surface area is 102 Å². The molecular formula is C13H19N3O. The van der Waals surface area contributed by atoms with E-state index >= 15 is 0 Å². The predicted octanol–water partition coefficient (Wildman–Crippen LogP) is 2.84. The second-order valence-corrected chi connectivity index (χ2v) is 4.70. The summed E-state index contributed by atoms with van der Waals surface area (Å²) in [5.41, 5.74) is 0.958. The van der Waals surface area contributed by atoms with Crippen molar-refractivity contribution >= 4 is 11.5 Å². The van der Waals surface area contributed by atoms with E-state index < -0.39 is 0 Å². The Hall–Kier alpha value is -1.71. The molecule has 2 heterocycles. The molecule has 2 rings (SSSR count). The molecule has 0 radical (unpaired) electrons. The van der Waals surface area contributed by atoms with Crippen molar-refractivity contribution in [3.8, 4) is 5.75 Å². The molecule has 0 spiro atoms. The third-order valence-corrected chi connectivity index (χ3v) is 2.81. The van der Waals surface area contributed by atoms with Crippen LogP contribution in [0, 0.1) is 5.92 Å². The molecule has 0 saturated heterocycles. The molecule has 0 fully saturated rings. The summed E-state index contributed by atoms with van der Waals surface area (Å²) in [6.45, 7) is 9.00. The topological polar surface area (TPSA) is 37.4 Å². The fourth-order valence-corrected chi connectivity index (χ4v) is 1.66. The average molecular weight is 233 g/mol. The molecule has 0 aliphatic carbocycles. The van der Waals surface area contributed by atoms with Crippen LogP contribution in [0.25, 0.3) is 0 Å². The second kappa shape index (κ2) is 4.65. The second-order valence-electron chi connectivity index (χ2n) is 4.70. The zero-order chi connectivity index (χ0) is 12.4. The Kier molecular flexibility index (Phi) is 3.22. The number of nitrogens with zero attached hydrogens (tertiary/aromatic N) is 2. The normalized spacial score (nSPS) is 13.9. The molecule has 0 aromatic carbocycles. The summed E-state index contributed by atoms with van der Waals surface area (Å²) in [5.74, 6) is 3.19. The van der Waals surface area contributed by atoms with E-state index in [0.717, 1.165) is 36.1 Å². The van der Waals surface area contributed by atoms with Crippen LogP contribution in [0.15, 0.2) is 24.7 Å². The number of anilines is 2. The highest BCUT2D eigenvalue weighted by Crippen LogP contribution is 2.34. The summed E-state index contributed by atoms with van der Waals surface area (Å²) in [4.78, 5) is 6.29. The molecule has 0 amide bonds. The van der Waals surface area contributed by atoms with Gasteiger partial charge in [0, 0.05) is 13.1 Å². The molecule has 1 N–H and O–H groups in total. The van der Waals surface area contributed by atoms with Gasteiger partial charge in [-0.2, -0.15) is 0 Å². The lowest BCUT2D eigenvalue weighted by atomic mass is 10.1. The quantitative estimate of drug-likeness (QED) is 0.867. The molecule has 4 nitrogen and oxygen atoms in total. The van der Waals surface area contributed by atoms with Crippen molar-refractivity contribution in [1.29, 1.82) is 0 Å². The lowest BCUT2D eigenvalue weighted by Gasteiger charge is -2.11. The summed E-state index contributed by atoms with van der Waals surface area (Å²) in [6.07, 6.45) is 2.81. The van der Waals surface area contributed by atoms with Crippen molar-refractivity contribution in [3.05, 3.63) is 24.7 Å². The summed E-state index contributed by atoms with van der Waals surface area (Å²) in [6, 6.07) is 1.97. The van der Waals surface area contributed by atoms with E-state index in [1.54, 1.807) is 6.20 Å². The molecule has 17 heavy (non-hydrogen) atoms. The first kappa shape index (κ1) is 11.8. The van der Waals surface area contributed by atoms with Crippen LogP contribution in [0.1, 0.15) is 20.3 Å². The third-order valence-electron chi connectivity index (χ3n) is 2.81. The number of nitrogens with one attached hydrogen (secondary N) is 1. The summed E-state index contributed by atoms with van der Waals surface area (Å²) in [7, 11) is 1.94. The van der Waals surface area contributed by atoms with E-state index in [0.29, 0.717) is 5.92 Å². The molecule has 0 bridgehead atoms. The van der Waals surface area contributed by atoms with Gasteiger partial charge in [-0.05, 0) is 12.3 Å². The maximum Gasteiger partial charge on any atom is 0.157 e. The van der Waals surface area contributed by atoms with Gasteiger partial charge >= 0.3 is 0 Å². The Bertz CT molecular complexity index is 429. The van der Waals surface area contributed by atoms with Crippen molar-refractivity contribution in [2.75, 3.05) is 23.9 Å². The van der Waals surface area contributed by atoms with Crippen molar-refractivity contribution in [3.63, 3.8) is 0 Å². The predicted molar refractivity (Wildman–Crippen MR) is 70.4 cm³/mol. The molecule has 1 aromatic heterocycles. The van der Waals surface area contributed by atoms with E-state index in [1.807, 2.05) is 18.0 Å². The van der Waals surface area contributed by atoms with Gasteiger partial charge in [0.25, 0.3) is 0 Å². The Morgan fingerprint density at radius 3 is 3.00 bits per heavy atom. The van der Waals surface area contributed by atoms with Crippen molar-refractivity contribution < 1.29 is 4.74 Å². The molecule has 0 saturated carbocycles. The lowest BCUT2D eigenvalue weighted by Crippen LogP contribution is -2.13. The first-order chi connectivity index (χ1) is 8.08. The fourth-order valence-electron chi connectivity index (χ4n) is 1.66. The number of pyridine rings is 1.